The minimum absolute atomic E-state index is 0.00811. The standard InChI is InChI=1S/C20H29N3O6/c1-13-6-7-16(28-13)17(24)23(11-10-22-19(26)29-20(2,3)4)14-8-9-21-15(12-14)18(25)27-5/h8-9,12-13,16H,6-7,10-11H2,1-5H3,(H,22,26). The number of ether oxygens (including phenoxy) is 3. The molecule has 9 nitrogen and oxygen atoms in total. The van der Waals surface area contributed by atoms with Crippen LogP contribution in [0, 0.1) is 0 Å². The van der Waals surface area contributed by atoms with Gasteiger partial charge in [0.1, 0.15) is 17.4 Å². The lowest BCUT2D eigenvalue weighted by molar-refractivity contribution is -0.129. The number of pyridine rings is 1. The summed E-state index contributed by atoms with van der Waals surface area (Å²) in [6, 6.07) is 3.10. The molecule has 9 heteroatoms. The van der Waals surface area contributed by atoms with Crippen molar-refractivity contribution in [3.63, 3.8) is 0 Å². The lowest BCUT2D eigenvalue weighted by Crippen LogP contribution is -2.44. The second-order valence-corrected chi connectivity index (χ2v) is 7.82. The SMILES string of the molecule is COC(=O)c1cc(N(CCNC(=O)OC(C)(C)C)C(=O)C2CCC(C)O2)ccn1. The molecule has 0 spiro atoms. The number of anilines is 1. The van der Waals surface area contributed by atoms with Gasteiger partial charge in [0.2, 0.25) is 0 Å². The number of nitrogens with one attached hydrogen (secondary N) is 1. The van der Waals surface area contributed by atoms with Crippen LogP contribution in [0.3, 0.4) is 0 Å². The molecule has 1 aliphatic rings. The van der Waals surface area contributed by atoms with Crippen molar-refractivity contribution in [1.82, 2.24) is 10.3 Å². The Morgan fingerprint density at radius 1 is 1.31 bits per heavy atom. The minimum Gasteiger partial charge on any atom is -0.464 e. The van der Waals surface area contributed by atoms with Crippen LogP contribution >= 0.6 is 0 Å². The van der Waals surface area contributed by atoms with E-state index >= 15 is 0 Å². The van der Waals surface area contributed by atoms with E-state index < -0.39 is 23.8 Å². The largest absolute Gasteiger partial charge is 0.464 e. The van der Waals surface area contributed by atoms with E-state index in [-0.39, 0.29) is 30.8 Å². The van der Waals surface area contributed by atoms with Gasteiger partial charge >= 0.3 is 12.1 Å². The number of aromatic nitrogens is 1. The summed E-state index contributed by atoms with van der Waals surface area (Å²) in [7, 11) is 1.26. The molecule has 1 aliphatic heterocycles. The molecule has 1 aromatic heterocycles. The van der Waals surface area contributed by atoms with Crippen molar-refractivity contribution >= 4 is 23.7 Å². The third kappa shape index (κ3) is 6.70. The Morgan fingerprint density at radius 2 is 2.03 bits per heavy atom. The maximum absolute atomic E-state index is 13.1. The molecule has 2 rings (SSSR count). The van der Waals surface area contributed by atoms with Crippen LogP contribution in [-0.2, 0) is 19.0 Å². The van der Waals surface area contributed by atoms with Crippen LogP contribution in [0.15, 0.2) is 18.3 Å². The highest BCUT2D eigenvalue weighted by Gasteiger charge is 2.32. The predicted octanol–water partition coefficient (Wildman–Crippen LogP) is 2.29. The first kappa shape index (κ1) is 22.6. The minimum atomic E-state index is -0.617. The number of esters is 1. The van der Waals surface area contributed by atoms with Crippen molar-refractivity contribution in [2.45, 2.75) is 58.3 Å². The second kappa shape index (κ2) is 9.69. The van der Waals surface area contributed by atoms with Crippen LogP contribution in [0.1, 0.15) is 51.0 Å². The Hall–Kier alpha value is -2.68. The molecule has 0 radical (unpaired) electrons. The lowest BCUT2D eigenvalue weighted by atomic mass is 10.1. The van der Waals surface area contributed by atoms with Gasteiger partial charge in [-0.05, 0) is 52.7 Å². The topological polar surface area (TPSA) is 107 Å². The summed E-state index contributed by atoms with van der Waals surface area (Å²) in [6.45, 7) is 7.57. The molecule has 2 heterocycles. The predicted molar refractivity (Wildman–Crippen MR) is 106 cm³/mol. The van der Waals surface area contributed by atoms with Gasteiger partial charge in [-0.15, -0.1) is 0 Å². The van der Waals surface area contributed by atoms with Crippen molar-refractivity contribution in [2.75, 3.05) is 25.1 Å². The molecule has 1 aromatic rings. The third-order valence-electron chi connectivity index (χ3n) is 4.23. The Labute approximate surface area is 170 Å². The number of carbonyl (C=O) groups is 3. The molecule has 160 valence electrons. The van der Waals surface area contributed by atoms with Crippen molar-refractivity contribution < 1.29 is 28.6 Å². The summed E-state index contributed by atoms with van der Waals surface area (Å²) in [5, 5.41) is 2.64. The van der Waals surface area contributed by atoms with Gasteiger partial charge in [0.25, 0.3) is 5.91 Å². The molecular formula is C20H29N3O6. The third-order valence-corrected chi connectivity index (χ3v) is 4.23. The van der Waals surface area contributed by atoms with E-state index in [1.807, 2.05) is 6.92 Å². The molecule has 0 aliphatic carbocycles. The average molecular weight is 407 g/mol. The number of methoxy groups -OCH3 is 1. The first-order valence-electron chi connectivity index (χ1n) is 9.59. The van der Waals surface area contributed by atoms with Crippen LogP contribution in [0.5, 0.6) is 0 Å². The van der Waals surface area contributed by atoms with Crippen LogP contribution in [0.2, 0.25) is 0 Å². The quantitative estimate of drug-likeness (QED) is 0.721. The summed E-state index contributed by atoms with van der Waals surface area (Å²) < 4.78 is 15.6. The molecule has 29 heavy (non-hydrogen) atoms. The number of nitrogens with zero attached hydrogens (tertiary/aromatic N) is 2. The van der Waals surface area contributed by atoms with Crippen molar-refractivity contribution in [3.8, 4) is 0 Å². The molecule has 1 N–H and O–H groups in total. The zero-order valence-electron chi connectivity index (χ0n) is 17.6. The fraction of sp³-hybridized carbons (Fsp3) is 0.600. The highest BCUT2D eigenvalue weighted by molar-refractivity contribution is 5.98. The summed E-state index contributed by atoms with van der Waals surface area (Å²) in [5.41, 5.74) is -0.0587. The van der Waals surface area contributed by atoms with E-state index in [1.54, 1.807) is 26.8 Å². The van der Waals surface area contributed by atoms with E-state index in [1.165, 1.54) is 24.3 Å². The zero-order chi connectivity index (χ0) is 21.6. The van der Waals surface area contributed by atoms with Gasteiger partial charge in [-0.25, -0.2) is 14.6 Å². The highest BCUT2D eigenvalue weighted by atomic mass is 16.6. The molecule has 1 fully saturated rings. The summed E-state index contributed by atoms with van der Waals surface area (Å²) >= 11 is 0. The second-order valence-electron chi connectivity index (χ2n) is 7.82. The smallest absolute Gasteiger partial charge is 0.407 e. The maximum atomic E-state index is 13.1. The normalized spacial score (nSPS) is 18.8. The van der Waals surface area contributed by atoms with Crippen LogP contribution in [0.25, 0.3) is 0 Å². The van der Waals surface area contributed by atoms with E-state index in [9.17, 15) is 14.4 Å². The molecule has 2 unspecified atom stereocenters. The van der Waals surface area contributed by atoms with Crippen LogP contribution < -0.4 is 10.2 Å². The molecule has 1 saturated heterocycles. The molecule has 0 aromatic carbocycles. The highest BCUT2D eigenvalue weighted by Crippen LogP contribution is 2.24. The number of hydrogen-bond donors (Lipinski definition) is 1. The Kier molecular flexibility index (Phi) is 7.55. The Bertz CT molecular complexity index is 746. The number of rotatable bonds is 6. The Balaban J connectivity index is 2.15. The zero-order valence-corrected chi connectivity index (χ0v) is 17.6. The van der Waals surface area contributed by atoms with Gasteiger partial charge in [0.15, 0.2) is 0 Å². The first-order valence-corrected chi connectivity index (χ1v) is 9.59. The maximum Gasteiger partial charge on any atom is 0.407 e. The van der Waals surface area contributed by atoms with Gasteiger partial charge in [-0.2, -0.15) is 0 Å². The fourth-order valence-corrected chi connectivity index (χ4v) is 2.91. The number of alkyl carbamates (subject to hydrolysis) is 1. The molecule has 2 amide bonds. The lowest BCUT2D eigenvalue weighted by Gasteiger charge is -2.26. The van der Waals surface area contributed by atoms with E-state index in [0.717, 1.165) is 6.42 Å². The van der Waals surface area contributed by atoms with E-state index in [0.29, 0.717) is 12.1 Å². The molecular weight excluding hydrogens is 378 g/mol. The molecule has 0 saturated carbocycles. The molecule has 2 atom stereocenters. The van der Waals surface area contributed by atoms with Crippen LogP contribution in [-0.4, -0.2) is 61.0 Å². The Morgan fingerprint density at radius 3 is 2.62 bits per heavy atom. The van der Waals surface area contributed by atoms with Crippen LogP contribution in [0.4, 0.5) is 10.5 Å². The van der Waals surface area contributed by atoms with Gasteiger partial charge in [-0.3, -0.25) is 4.79 Å². The summed E-state index contributed by atoms with van der Waals surface area (Å²) in [5.74, 6) is -0.834. The van der Waals surface area contributed by atoms with Gasteiger partial charge in [0.05, 0.1) is 13.2 Å². The van der Waals surface area contributed by atoms with Crippen molar-refractivity contribution in [2.24, 2.45) is 0 Å². The van der Waals surface area contributed by atoms with Gasteiger partial charge in [0, 0.05) is 25.0 Å². The number of carbonyl (C=O) groups excluding carboxylic acids is 3. The summed E-state index contributed by atoms with van der Waals surface area (Å²) in [6.07, 6.45) is 1.71. The number of hydrogen-bond acceptors (Lipinski definition) is 7. The summed E-state index contributed by atoms with van der Waals surface area (Å²) in [4.78, 5) is 42.2. The monoisotopic (exact) mass is 407 g/mol. The van der Waals surface area contributed by atoms with Gasteiger partial charge < -0.3 is 24.4 Å². The van der Waals surface area contributed by atoms with Crippen molar-refractivity contribution in [3.05, 3.63) is 24.0 Å². The fourth-order valence-electron chi connectivity index (χ4n) is 2.91. The molecule has 0 bridgehead atoms. The van der Waals surface area contributed by atoms with E-state index in [2.05, 4.69) is 10.3 Å². The number of amides is 2. The average Bonchev–Trinajstić information content (AvgIpc) is 3.09. The van der Waals surface area contributed by atoms with Gasteiger partial charge in [-0.1, -0.05) is 0 Å². The van der Waals surface area contributed by atoms with Crippen molar-refractivity contribution in [1.29, 1.82) is 0 Å². The van der Waals surface area contributed by atoms with E-state index in [4.69, 9.17) is 14.2 Å². The first-order chi connectivity index (χ1) is 13.6.